The van der Waals surface area contributed by atoms with Crippen molar-refractivity contribution in [1.82, 2.24) is 5.32 Å². The molecule has 1 amide bonds. The number of hydrogen-bond acceptors (Lipinski definition) is 3. The van der Waals surface area contributed by atoms with Crippen molar-refractivity contribution in [3.63, 3.8) is 0 Å². The van der Waals surface area contributed by atoms with E-state index in [1.807, 2.05) is 20.8 Å². The van der Waals surface area contributed by atoms with Crippen molar-refractivity contribution in [2.45, 2.75) is 58.5 Å². The molecule has 0 aliphatic heterocycles. The normalized spacial score (nSPS) is 16.9. The van der Waals surface area contributed by atoms with Gasteiger partial charge in [-0.05, 0) is 33.6 Å². The molecule has 1 saturated carbocycles. The van der Waals surface area contributed by atoms with E-state index in [4.69, 9.17) is 4.74 Å². The number of nitrogens with one attached hydrogen (secondary N) is 1. The summed E-state index contributed by atoms with van der Waals surface area (Å²) in [6.07, 6.45) is 4.50. The Kier molecular flexibility index (Phi) is 4.97. The van der Waals surface area contributed by atoms with Gasteiger partial charge in [-0.15, -0.1) is 0 Å². The molecule has 0 bridgehead atoms. The van der Waals surface area contributed by atoms with Gasteiger partial charge in [0.1, 0.15) is 5.60 Å². The summed E-state index contributed by atoms with van der Waals surface area (Å²) >= 11 is 0. The smallest absolute Gasteiger partial charge is 0.308 e. The van der Waals surface area contributed by atoms with Crippen LogP contribution in [0.2, 0.25) is 0 Å². The highest BCUT2D eigenvalue weighted by atomic mass is 16.6. The van der Waals surface area contributed by atoms with Crippen molar-refractivity contribution in [1.29, 1.82) is 0 Å². The Hall–Kier alpha value is -1.06. The number of amides is 1. The third kappa shape index (κ3) is 5.71. The number of rotatable bonds is 4. The average Bonchev–Trinajstić information content (AvgIpc) is 2.66. The molecule has 0 aromatic heterocycles. The van der Waals surface area contributed by atoms with Gasteiger partial charge in [-0.1, -0.05) is 12.8 Å². The maximum atomic E-state index is 11.6. The van der Waals surface area contributed by atoms with Crippen LogP contribution in [0, 0.1) is 5.92 Å². The van der Waals surface area contributed by atoms with E-state index in [0.29, 0.717) is 6.54 Å². The minimum atomic E-state index is -0.452. The topological polar surface area (TPSA) is 55.4 Å². The predicted molar refractivity (Wildman–Crippen MR) is 65.4 cm³/mol. The summed E-state index contributed by atoms with van der Waals surface area (Å²) in [4.78, 5) is 23.0. The van der Waals surface area contributed by atoms with Crippen LogP contribution in [0.3, 0.4) is 0 Å². The summed E-state index contributed by atoms with van der Waals surface area (Å²) in [5.41, 5.74) is -0.452. The van der Waals surface area contributed by atoms with Gasteiger partial charge in [0.25, 0.3) is 0 Å². The predicted octanol–water partition coefficient (Wildman–Crippen LogP) is 2.02. The lowest BCUT2D eigenvalue weighted by Gasteiger charge is -2.19. The molecule has 4 heteroatoms. The highest BCUT2D eigenvalue weighted by molar-refractivity contribution is 5.79. The first-order valence-corrected chi connectivity index (χ1v) is 6.38. The van der Waals surface area contributed by atoms with Gasteiger partial charge in [-0.3, -0.25) is 9.59 Å². The fraction of sp³-hybridized carbons (Fsp3) is 0.846. The number of carbonyl (C=O) groups excluding carboxylic acids is 2. The number of ether oxygens (including phenoxy) is 1. The van der Waals surface area contributed by atoms with E-state index >= 15 is 0 Å². The van der Waals surface area contributed by atoms with Crippen LogP contribution in [0.15, 0.2) is 0 Å². The SMILES string of the molecule is CC(C)(C)OC(=O)CCNC(=O)C1CCCC1. The summed E-state index contributed by atoms with van der Waals surface area (Å²) in [7, 11) is 0. The van der Waals surface area contributed by atoms with E-state index in [2.05, 4.69) is 5.32 Å². The fourth-order valence-corrected chi connectivity index (χ4v) is 2.01. The Morgan fingerprint density at radius 2 is 1.82 bits per heavy atom. The molecule has 1 N–H and O–H groups in total. The first kappa shape index (κ1) is 14.0. The van der Waals surface area contributed by atoms with Gasteiger partial charge in [0.15, 0.2) is 0 Å². The second kappa shape index (κ2) is 6.03. The van der Waals surface area contributed by atoms with Crippen LogP contribution in [-0.2, 0) is 14.3 Å². The summed E-state index contributed by atoms with van der Waals surface area (Å²) in [6.45, 7) is 5.89. The van der Waals surface area contributed by atoms with Crippen LogP contribution >= 0.6 is 0 Å². The van der Waals surface area contributed by atoms with Crippen molar-refractivity contribution >= 4 is 11.9 Å². The molecule has 98 valence electrons. The largest absolute Gasteiger partial charge is 0.460 e. The highest BCUT2D eigenvalue weighted by Gasteiger charge is 2.22. The van der Waals surface area contributed by atoms with Crippen LogP contribution in [0.25, 0.3) is 0 Å². The van der Waals surface area contributed by atoms with Crippen molar-refractivity contribution < 1.29 is 14.3 Å². The summed E-state index contributed by atoms with van der Waals surface area (Å²) in [6, 6.07) is 0. The van der Waals surface area contributed by atoms with E-state index in [-0.39, 0.29) is 24.2 Å². The zero-order valence-electron chi connectivity index (χ0n) is 11.0. The standard InChI is InChI=1S/C13H23NO3/c1-13(2,3)17-11(15)8-9-14-12(16)10-6-4-5-7-10/h10H,4-9H2,1-3H3,(H,14,16). The molecule has 0 spiro atoms. The van der Waals surface area contributed by atoms with Crippen molar-refractivity contribution in [2.24, 2.45) is 5.92 Å². The number of carbonyl (C=O) groups is 2. The second-order valence-corrected chi connectivity index (χ2v) is 5.61. The third-order valence-corrected chi connectivity index (χ3v) is 2.77. The minimum absolute atomic E-state index is 0.0889. The summed E-state index contributed by atoms with van der Waals surface area (Å²) in [5.74, 6) is -0.0103. The van der Waals surface area contributed by atoms with Gasteiger partial charge < -0.3 is 10.1 Å². The van der Waals surface area contributed by atoms with Gasteiger partial charge in [0, 0.05) is 12.5 Å². The number of esters is 1. The van der Waals surface area contributed by atoms with Crippen LogP contribution in [0.1, 0.15) is 52.9 Å². The van der Waals surface area contributed by atoms with E-state index < -0.39 is 5.60 Å². The Balaban J connectivity index is 2.14. The molecular weight excluding hydrogens is 218 g/mol. The molecule has 1 aliphatic rings. The fourth-order valence-electron chi connectivity index (χ4n) is 2.01. The number of hydrogen-bond donors (Lipinski definition) is 1. The maximum absolute atomic E-state index is 11.6. The Morgan fingerprint density at radius 3 is 2.35 bits per heavy atom. The first-order valence-electron chi connectivity index (χ1n) is 6.38. The first-order chi connectivity index (χ1) is 7.88. The molecule has 1 fully saturated rings. The molecular formula is C13H23NO3. The Morgan fingerprint density at radius 1 is 1.24 bits per heavy atom. The molecule has 0 saturated heterocycles. The quantitative estimate of drug-likeness (QED) is 0.766. The molecule has 4 nitrogen and oxygen atoms in total. The van der Waals surface area contributed by atoms with E-state index in [9.17, 15) is 9.59 Å². The lowest BCUT2D eigenvalue weighted by molar-refractivity contribution is -0.154. The third-order valence-electron chi connectivity index (χ3n) is 2.77. The van der Waals surface area contributed by atoms with Crippen LogP contribution in [0.5, 0.6) is 0 Å². The highest BCUT2D eigenvalue weighted by Crippen LogP contribution is 2.24. The van der Waals surface area contributed by atoms with Gasteiger partial charge >= 0.3 is 5.97 Å². The van der Waals surface area contributed by atoms with Crippen LogP contribution in [-0.4, -0.2) is 24.0 Å². The van der Waals surface area contributed by atoms with Crippen molar-refractivity contribution in [3.8, 4) is 0 Å². The van der Waals surface area contributed by atoms with Gasteiger partial charge in [0.2, 0.25) is 5.91 Å². The molecule has 1 aliphatic carbocycles. The minimum Gasteiger partial charge on any atom is -0.460 e. The molecule has 1 rings (SSSR count). The van der Waals surface area contributed by atoms with E-state index in [1.54, 1.807) is 0 Å². The molecule has 0 aromatic carbocycles. The molecule has 0 radical (unpaired) electrons. The lowest BCUT2D eigenvalue weighted by atomic mass is 10.1. The molecule has 0 aromatic rings. The van der Waals surface area contributed by atoms with Gasteiger partial charge in [0.05, 0.1) is 6.42 Å². The van der Waals surface area contributed by atoms with Gasteiger partial charge in [-0.2, -0.15) is 0 Å². The van der Waals surface area contributed by atoms with Crippen molar-refractivity contribution in [2.75, 3.05) is 6.54 Å². The summed E-state index contributed by atoms with van der Waals surface area (Å²) in [5, 5.41) is 2.80. The Labute approximate surface area is 103 Å². The average molecular weight is 241 g/mol. The molecule has 0 unspecified atom stereocenters. The van der Waals surface area contributed by atoms with Crippen LogP contribution in [0.4, 0.5) is 0 Å². The zero-order valence-corrected chi connectivity index (χ0v) is 11.0. The zero-order chi connectivity index (χ0) is 12.9. The molecule has 0 atom stereocenters. The van der Waals surface area contributed by atoms with Crippen LogP contribution < -0.4 is 5.32 Å². The maximum Gasteiger partial charge on any atom is 0.308 e. The Bertz CT molecular complexity index is 275. The van der Waals surface area contributed by atoms with E-state index in [1.165, 1.54) is 0 Å². The molecule has 0 heterocycles. The van der Waals surface area contributed by atoms with E-state index in [0.717, 1.165) is 25.7 Å². The summed E-state index contributed by atoms with van der Waals surface area (Å²) < 4.78 is 5.15. The van der Waals surface area contributed by atoms with Gasteiger partial charge in [-0.25, -0.2) is 0 Å². The lowest BCUT2D eigenvalue weighted by Crippen LogP contribution is -2.32. The molecule has 17 heavy (non-hydrogen) atoms. The second-order valence-electron chi connectivity index (χ2n) is 5.61. The van der Waals surface area contributed by atoms with Crippen molar-refractivity contribution in [3.05, 3.63) is 0 Å². The monoisotopic (exact) mass is 241 g/mol.